The van der Waals surface area contributed by atoms with Crippen molar-refractivity contribution in [3.8, 4) is 17.9 Å². The second kappa shape index (κ2) is 8.70. The molecular weight excluding hydrogens is 472 g/mol. The molecule has 0 aliphatic carbocycles. The second-order valence-electron chi connectivity index (χ2n) is 7.31. The van der Waals surface area contributed by atoms with E-state index in [-0.39, 0.29) is 11.8 Å². The van der Waals surface area contributed by atoms with Gasteiger partial charge in [-0.1, -0.05) is 15.9 Å². The van der Waals surface area contributed by atoms with E-state index in [4.69, 9.17) is 4.74 Å². The lowest BCUT2D eigenvalue weighted by atomic mass is 10.0. The molecule has 32 heavy (non-hydrogen) atoms. The van der Waals surface area contributed by atoms with Crippen LogP contribution in [0.5, 0.6) is 5.75 Å². The average molecular weight is 489 g/mol. The zero-order valence-electron chi connectivity index (χ0n) is 17.1. The van der Waals surface area contributed by atoms with Crippen molar-refractivity contribution in [1.82, 2.24) is 9.88 Å². The maximum atomic E-state index is 13.1. The first kappa shape index (κ1) is 21.4. The highest BCUT2D eigenvalue weighted by Gasteiger charge is 2.29. The molecule has 2 heterocycles. The molecule has 1 atom stereocenters. The molecule has 3 aromatic rings. The van der Waals surface area contributed by atoms with Gasteiger partial charge in [-0.15, -0.1) is 0 Å². The van der Waals surface area contributed by atoms with Crippen molar-refractivity contribution < 1.29 is 14.3 Å². The summed E-state index contributed by atoms with van der Waals surface area (Å²) in [4.78, 5) is 24.7. The topological polar surface area (TPSA) is 108 Å². The Bertz CT molecular complexity index is 1370. The molecule has 1 fully saturated rings. The van der Waals surface area contributed by atoms with E-state index in [0.29, 0.717) is 51.8 Å². The smallest absolute Gasteiger partial charge is 0.253 e. The Hall–Kier alpha value is -3.88. The number of nitrogens with one attached hydrogen (secondary N) is 1. The Balaban J connectivity index is 1.88. The number of carbonyl (C=O) groups is 2. The van der Waals surface area contributed by atoms with Crippen LogP contribution in [0, 0.1) is 22.7 Å². The number of hydrogen-bond acceptors (Lipinski definition) is 5. The van der Waals surface area contributed by atoms with Gasteiger partial charge in [-0.25, -0.2) is 0 Å². The first-order valence-electron chi connectivity index (χ1n) is 9.79. The number of fused-ring (bicyclic) bond motifs is 1. The van der Waals surface area contributed by atoms with Gasteiger partial charge in [-0.3, -0.25) is 14.2 Å². The summed E-state index contributed by atoms with van der Waals surface area (Å²) in [6, 6.07) is 14.1. The third-order valence-electron chi connectivity index (χ3n) is 5.37. The van der Waals surface area contributed by atoms with E-state index in [9.17, 15) is 20.1 Å². The standard InChI is InChI=1S/C24H17BrN4O3/c1-32-22-6-2-14(11-26)8-15(22)9-16(12-27)19-13-29(21-5-3-17(25)10-18(19)21)24(31)20-4-7-23(30)28-20/h2-3,5-6,8-10,13,20H,4,7H2,1H3,(H,28,30). The Kier molecular flexibility index (Phi) is 5.81. The third-order valence-corrected chi connectivity index (χ3v) is 5.86. The van der Waals surface area contributed by atoms with Crippen molar-refractivity contribution in [2.45, 2.75) is 18.9 Å². The van der Waals surface area contributed by atoms with Gasteiger partial charge in [0, 0.05) is 33.6 Å². The predicted octanol–water partition coefficient (Wildman–Crippen LogP) is 4.27. The van der Waals surface area contributed by atoms with Crippen LogP contribution in [0.25, 0.3) is 22.6 Å². The predicted molar refractivity (Wildman–Crippen MR) is 123 cm³/mol. The number of halogens is 1. The SMILES string of the molecule is COc1ccc(C#N)cc1C=C(C#N)c1cn(C(=O)C2CCC(=O)N2)c2ccc(Br)cc12. The Labute approximate surface area is 192 Å². The summed E-state index contributed by atoms with van der Waals surface area (Å²) in [5.74, 6) is 0.118. The number of ether oxygens (including phenoxy) is 1. The molecule has 0 bridgehead atoms. The first-order chi connectivity index (χ1) is 15.4. The van der Waals surface area contributed by atoms with Gasteiger partial charge in [0.1, 0.15) is 11.8 Å². The van der Waals surface area contributed by atoms with Gasteiger partial charge in [-0.05, 0) is 48.9 Å². The number of nitriles is 2. The van der Waals surface area contributed by atoms with Crippen molar-refractivity contribution in [3.05, 3.63) is 63.8 Å². The first-order valence-corrected chi connectivity index (χ1v) is 10.6. The number of nitrogens with zero attached hydrogens (tertiary/aromatic N) is 3. The number of amides is 1. The van der Waals surface area contributed by atoms with Crippen LogP contribution in [0.3, 0.4) is 0 Å². The van der Waals surface area contributed by atoms with Crippen molar-refractivity contribution in [1.29, 1.82) is 10.5 Å². The molecule has 1 unspecified atom stereocenters. The monoisotopic (exact) mass is 488 g/mol. The molecule has 1 aromatic heterocycles. The van der Waals surface area contributed by atoms with Crippen molar-refractivity contribution in [2.75, 3.05) is 7.11 Å². The lowest BCUT2D eigenvalue weighted by molar-refractivity contribution is -0.119. The van der Waals surface area contributed by atoms with Crippen molar-refractivity contribution in [2.24, 2.45) is 0 Å². The molecular formula is C24H17BrN4O3. The van der Waals surface area contributed by atoms with Crippen LogP contribution in [-0.2, 0) is 4.79 Å². The van der Waals surface area contributed by atoms with Gasteiger partial charge < -0.3 is 10.1 Å². The van der Waals surface area contributed by atoms with E-state index < -0.39 is 6.04 Å². The highest BCUT2D eigenvalue weighted by molar-refractivity contribution is 9.10. The molecule has 0 saturated carbocycles. The number of rotatable bonds is 4. The number of benzene rings is 2. The highest BCUT2D eigenvalue weighted by atomic mass is 79.9. The van der Waals surface area contributed by atoms with Gasteiger partial charge in [0.2, 0.25) is 5.91 Å². The van der Waals surface area contributed by atoms with Gasteiger partial charge >= 0.3 is 0 Å². The number of methoxy groups -OCH3 is 1. The van der Waals surface area contributed by atoms with Crippen LogP contribution in [-0.4, -0.2) is 29.5 Å². The molecule has 2 aromatic carbocycles. The summed E-state index contributed by atoms with van der Waals surface area (Å²) < 4.78 is 7.67. The zero-order valence-corrected chi connectivity index (χ0v) is 18.6. The number of carbonyl (C=O) groups excluding carboxylic acids is 2. The Morgan fingerprint density at radius 3 is 2.75 bits per heavy atom. The maximum absolute atomic E-state index is 13.1. The molecule has 0 spiro atoms. The van der Waals surface area contributed by atoms with Crippen LogP contribution >= 0.6 is 15.9 Å². The summed E-state index contributed by atoms with van der Waals surface area (Å²) in [7, 11) is 1.52. The van der Waals surface area contributed by atoms with E-state index in [1.54, 1.807) is 36.5 Å². The van der Waals surface area contributed by atoms with Crippen LogP contribution in [0.2, 0.25) is 0 Å². The normalized spacial score (nSPS) is 15.8. The van der Waals surface area contributed by atoms with E-state index >= 15 is 0 Å². The number of allylic oxidation sites excluding steroid dienone is 1. The average Bonchev–Trinajstić information content (AvgIpc) is 3.40. The van der Waals surface area contributed by atoms with Crippen LogP contribution in [0.15, 0.2) is 47.1 Å². The quantitative estimate of drug-likeness (QED) is 0.551. The van der Waals surface area contributed by atoms with E-state index in [2.05, 4.69) is 33.4 Å². The fraction of sp³-hybridized carbons (Fsp3) is 0.167. The van der Waals surface area contributed by atoms with Gasteiger partial charge in [0.05, 0.1) is 35.9 Å². The van der Waals surface area contributed by atoms with Crippen molar-refractivity contribution in [3.63, 3.8) is 0 Å². The van der Waals surface area contributed by atoms with Crippen molar-refractivity contribution >= 4 is 50.3 Å². The molecule has 1 aliphatic heterocycles. The molecule has 0 radical (unpaired) electrons. The molecule has 1 saturated heterocycles. The lowest BCUT2D eigenvalue weighted by Crippen LogP contribution is -2.36. The van der Waals surface area contributed by atoms with E-state index in [1.807, 2.05) is 12.1 Å². The second-order valence-corrected chi connectivity index (χ2v) is 8.23. The Morgan fingerprint density at radius 2 is 2.09 bits per heavy atom. The Morgan fingerprint density at radius 1 is 1.28 bits per heavy atom. The number of hydrogen-bond donors (Lipinski definition) is 1. The van der Waals surface area contributed by atoms with Crippen LogP contribution < -0.4 is 10.1 Å². The lowest BCUT2D eigenvalue weighted by Gasteiger charge is -2.10. The largest absolute Gasteiger partial charge is 0.496 e. The fourth-order valence-electron chi connectivity index (χ4n) is 3.81. The molecule has 4 rings (SSSR count). The fourth-order valence-corrected chi connectivity index (χ4v) is 4.17. The molecule has 8 heteroatoms. The minimum atomic E-state index is -0.600. The molecule has 7 nitrogen and oxygen atoms in total. The minimum Gasteiger partial charge on any atom is -0.496 e. The summed E-state index contributed by atoms with van der Waals surface area (Å²) in [6.07, 6.45) is 4.01. The summed E-state index contributed by atoms with van der Waals surface area (Å²) in [5, 5.41) is 22.6. The molecule has 1 amide bonds. The van der Waals surface area contributed by atoms with E-state index in [1.165, 1.54) is 11.7 Å². The van der Waals surface area contributed by atoms with Gasteiger partial charge in [0.15, 0.2) is 0 Å². The van der Waals surface area contributed by atoms with Gasteiger partial charge in [0.25, 0.3) is 5.91 Å². The third kappa shape index (κ3) is 3.89. The zero-order chi connectivity index (χ0) is 22.8. The van der Waals surface area contributed by atoms with Crippen LogP contribution in [0.1, 0.15) is 34.3 Å². The van der Waals surface area contributed by atoms with E-state index in [0.717, 1.165) is 4.47 Å². The maximum Gasteiger partial charge on any atom is 0.253 e. The molecule has 158 valence electrons. The molecule has 1 aliphatic rings. The minimum absolute atomic E-state index is 0.148. The summed E-state index contributed by atoms with van der Waals surface area (Å²) in [6.45, 7) is 0. The summed E-state index contributed by atoms with van der Waals surface area (Å²) in [5.41, 5.74) is 2.52. The van der Waals surface area contributed by atoms with Crippen LogP contribution in [0.4, 0.5) is 0 Å². The number of aromatic nitrogens is 1. The summed E-state index contributed by atoms with van der Waals surface area (Å²) >= 11 is 3.46. The molecule has 1 N–H and O–H groups in total. The highest BCUT2D eigenvalue weighted by Crippen LogP contribution is 2.33. The van der Waals surface area contributed by atoms with Gasteiger partial charge in [-0.2, -0.15) is 10.5 Å².